The molecule has 1 nitrogen and oxygen atoms in total. The predicted molar refractivity (Wildman–Crippen MR) is 48.5 cm³/mol. The molecule has 0 amide bonds. The standard InChI is InChI=1S/C10H20O/c1-5-7-8(3)10(6-2)9(4)11/h8,10H,5-7H2,1-4H3. The number of carbonyl (C=O) groups excluding carboxylic acids is 1. The molecular weight excluding hydrogens is 136 g/mol. The van der Waals surface area contributed by atoms with E-state index in [1.165, 1.54) is 12.8 Å². The largest absolute Gasteiger partial charge is 0.300 e. The van der Waals surface area contributed by atoms with E-state index in [9.17, 15) is 4.79 Å². The Hall–Kier alpha value is -0.330. The highest BCUT2D eigenvalue weighted by Gasteiger charge is 2.18. The Balaban J connectivity index is 3.91. The van der Waals surface area contributed by atoms with Crippen molar-refractivity contribution in [1.82, 2.24) is 0 Å². The minimum absolute atomic E-state index is 0.301. The molecule has 0 aromatic carbocycles. The normalized spacial score (nSPS) is 16.0. The number of rotatable bonds is 5. The molecule has 2 unspecified atom stereocenters. The Bertz CT molecular complexity index is 118. The molecule has 0 radical (unpaired) electrons. The fourth-order valence-electron chi connectivity index (χ4n) is 1.75. The molecule has 0 fully saturated rings. The second-order valence-electron chi connectivity index (χ2n) is 3.39. The first kappa shape index (κ1) is 10.7. The van der Waals surface area contributed by atoms with E-state index in [1.807, 2.05) is 0 Å². The molecule has 0 rings (SSSR count). The first-order valence-corrected chi connectivity index (χ1v) is 4.63. The van der Waals surface area contributed by atoms with Crippen molar-refractivity contribution in [3.8, 4) is 0 Å². The van der Waals surface area contributed by atoms with Crippen LogP contribution in [0.15, 0.2) is 0 Å². The molecule has 0 aromatic heterocycles. The van der Waals surface area contributed by atoms with Gasteiger partial charge in [-0.3, -0.25) is 4.79 Å². The lowest BCUT2D eigenvalue weighted by molar-refractivity contribution is -0.122. The van der Waals surface area contributed by atoms with Crippen LogP contribution in [0.25, 0.3) is 0 Å². The molecule has 0 aromatic rings. The number of carbonyl (C=O) groups is 1. The summed E-state index contributed by atoms with van der Waals surface area (Å²) in [5.41, 5.74) is 0. The first-order valence-electron chi connectivity index (χ1n) is 4.63. The van der Waals surface area contributed by atoms with Crippen molar-refractivity contribution in [1.29, 1.82) is 0 Å². The molecule has 11 heavy (non-hydrogen) atoms. The Kier molecular flexibility index (Phi) is 5.18. The second-order valence-corrected chi connectivity index (χ2v) is 3.39. The molecule has 0 aliphatic carbocycles. The lowest BCUT2D eigenvalue weighted by Crippen LogP contribution is -2.18. The number of Topliss-reactive ketones (excluding diaryl/α,β-unsaturated/α-hetero) is 1. The molecule has 0 bridgehead atoms. The molecule has 66 valence electrons. The molecule has 0 aliphatic heterocycles. The SMILES string of the molecule is CCCC(C)C(CC)C(C)=O. The third-order valence-electron chi connectivity index (χ3n) is 2.39. The zero-order valence-electron chi connectivity index (χ0n) is 8.18. The zero-order chi connectivity index (χ0) is 8.85. The monoisotopic (exact) mass is 156 g/mol. The van der Waals surface area contributed by atoms with Gasteiger partial charge in [0.1, 0.15) is 5.78 Å². The van der Waals surface area contributed by atoms with Crippen molar-refractivity contribution in [2.75, 3.05) is 0 Å². The fraction of sp³-hybridized carbons (Fsp3) is 0.900. The summed E-state index contributed by atoms with van der Waals surface area (Å²) < 4.78 is 0. The average Bonchev–Trinajstić information content (AvgIpc) is 1.88. The van der Waals surface area contributed by atoms with Crippen LogP contribution >= 0.6 is 0 Å². The first-order chi connectivity index (χ1) is 5.13. The van der Waals surface area contributed by atoms with Crippen LogP contribution in [0, 0.1) is 11.8 Å². The van der Waals surface area contributed by atoms with Gasteiger partial charge in [-0.15, -0.1) is 0 Å². The van der Waals surface area contributed by atoms with Crippen LogP contribution in [0.2, 0.25) is 0 Å². The van der Waals surface area contributed by atoms with Crippen LogP contribution in [-0.2, 0) is 4.79 Å². The maximum atomic E-state index is 11.1. The van der Waals surface area contributed by atoms with Crippen molar-refractivity contribution in [3.63, 3.8) is 0 Å². The summed E-state index contributed by atoms with van der Waals surface area (Å²) in [6, 6.07) is 0. The molecule has 0 heterocycles. The van der Waals surface area contributed by atoms with Gasteiger partial charge < -0.3 is 0 Å². The van der Waals surface area contributed by atoms with E-state index >= 15 is 0 Å². The highest BCUT2D eigenvalue weighted by molar-refractivity contribution is 5.78. The topological polar surface area (TPSA) is 17.1 Å². The number of ketones is 1. The van der Waals surface area contributed by atoms with Gasteiger partial charge in [-0.1, -0.05) is 33.6 Å². The van der Waals surface area contributed by atoms with Gasteiger partial charge in [-0.2, -0.15) is 0 Å². The Morgan fingerprint density at radius 3 is 2.18 bits per heavy atom. The van der Waals surface area contributed by atoms with E-state index < -0.39 is 0 Å². The van der Waals surface area contributed by atoms with Gasteiger partial charge in [-0.25, -0.2) is 0 Å². The summed E-state index contributed by atoms with van der Waals surface area (Å²) in [6.07, 6.45) is 3.36. The van der Waals surface area contributed by atoms with Gasteiger partial charge in [-0.05, 0) is 19.3 Å². The lowest BCUT2D eigenvalue weighted by Gasteiger charge is -2.18. The highest BCUT2D eigenvalue weighted by atomic mass is 16.1. The van der Waals surface area contributed by atoms with Crippen molar-refractivity contribution in [3.05, 3.63) is 0 Å². The Morgan fingerprint density at radius 2 is 1.91 bits per heavy atom. The van der Waals surface area contributed by atoms with E-state index in [4.69, 9.17) is 0 Å². The average molecular weight is 156 g/mol. The molecule has 0 aliphatic rings. The van der Waals surface area contributed by atoms with Gasteiger partial charge in [0.2, 0.25) is 0 Å². The van der Waals surface area contributed by atoms with Gasteiger partial charge in [0, 0.05) is 5.92 Å². The minimum atomic E-state index is 0.301. The van der Waals surface area contributed by atoms with Crippen molar-refractivity contribution in [2.24, 2.45) is 11.8 Å². The molecule has 0 N–H and O–H groups in total. The molecule has 2 atom stereocenters. The molecule has 0 saturated carbocycles. The van der Waals surface area contributed by atoms with Gasteiger partial charge in [0.25, 0.3) is 0 Å². The van der Waals surface area contributed by atoms with Crippen molar-refractivity contribution >= 4 is 5.78 Å². The van der Waals surface area contributed by atoms with Crippen LogP contribution in [0.4, 0.5) is 0 Å². The summed E-state index contributed by atoms with van der Waals surface area (Å²) >= 11 is 0. The number of hydrogen-bond acceptors (Lipinski definition) is 1. The van der Waals surface area contributed by atoms with Crippen LogP contribution in [0.3, 0.4) is 0 Å². The van der Waals surface area contributed by atoms with Crippen LogP contribution in [-0.4, -0.2) is 5.78 Å². The second kappa shape index (κ2) is 5.34. The summed E-state index contributed by atoms with van der Waals surface area (Å²) in [7, 11) is 0. The van der Waals surface area contributed by atoms with Crippen LogP contribution in [0.5, 0.6) is 0 Å². The molecular formula is C10H20O. The quantitative estimate of drug-likeness (QED) is 0.598. The number of hydrogen-bond donors (Lipinski definition) is 0. The Labute approximate surface area is 70.2 Å². The van der Waals surface area contributed by atoms with E-state index in [1.54, 1.807) is 6.92 Å². The van der Waals surface area contributed by atoms with Crippen molar-refractivity contribution in [2.45, 2.75) is 47.0 Å². The van der Waals surface area contributed by atoms with E-state index in [0.717, 1.165) is 6.42 Å². The molecule has 0 spiro atoms. The fourth-order valence-corrected chi connectivity index (χ4v) is 1.75. The van der Waals surface area contributed by atoms with E-state index in [2.05, 4.69) is 20.8 Å². The smallest absolute Gasteiger partial charge is 0.133 e. The van der Waals surface area contributed by atoms with Gasteiger partial charge >= 0.3 is 0 Å². The molecule has 1 heteroatoms. The maximum Gasteiger partial charge on any atom is 0.133 e. The zero-order valence-corrected chi connectivity index (χ0v) is 8.18. The summed E-state index contributed by atoms with van der Waals surface area (Å²) in [5.74, 6) is 1.23. The van der Waals surface area contributed by atoms with Gasteiger partial charge in [0.05, 0.1) is 0 Å². The third-order valence-corrected chi connectivity index (χ3v) is 2.39. The lowest BCUT2D eigenvalue weighted by atomic mass is 9.85. The van der Waals surface area contributed by atoms with Crippen LogP contribution in [0.1, 0.15) is 47.0 Å². The Morgan fingerprint density at radius 1 is 1.36 bits per heavy atom. The van der Waals surface area contributed by atoms with Crippen LogP contribution < -0.4 is 0 Å². The highest BCUT2D eigenvalue weighted by Crippen LogP contribution is 2.20. The predicted octanol–water partition coefficient (Wildman–Crippen LogP) is 3.04. The van der Waals surface area contributed by atoms with Gasteiger partial charge in [0.15, 0.2) is 0 Å². The van der Waals surface area contributed by atoms with Crippen molar-refractivity contribution < 1.29 is 4.79 Å². The molecule has 0 saturated heterocycles. The third kappa shape index (κ3) is 3.54. The maximum absolute atomic E-state index is 11.1. The summed E-state index contributed by atoms with van der Waals surface area (Å²) in [6.45, 7) is 8.15. The summed E-state index contributed by atoms with van der Waals surface area (Å²) in [5, 5.41) is 0. The van der Waals surface area contributed by atoms with E-state index in [-0.39, 0.29) is 0 Å². The van der Waals surface area contributed by atoms with E-state index in [0.29, 0.717) is 17.6 Å². The summed E-state index contributed by atoms with van der Waals surface area (Å²) in [4.78, 5) is 11.1. The minimum Gasteiger partial charge on any atom is -0.300 e.